The second kappa shape index (κ2) is 14.9. The Labute approximate surface area is 253 Å². The minimum atomic E-state index is -3.45. The number of likely N-dealkylation sites (tertiary alicyclic amines) is 1. The van der Waals surface area contributed by atoms with Gasteiger partial charge in [-0.25, -0.2) is 4.72 Å². The smallest absolute Gasteiger partial charge is 0.298 e. The molecular weight excluding hydrogens is 556 g/mol. The van der Waals surface area contributed by atoms with Crippen molar-refractivity contribution in [2.24, 2.45) is 11.7 Å². The minimum absolute atomic E-state index is 0.00843. The van der Waals surface area contributed by atoms with Crippen molar-refractivity contribution in [3.8, 4) is 11.5 Å². The van der Waals surface area contributed by atoms with Crippen LogP contribution < -0.4 is 19.9 Å². The molecule has 1 unspecified atom stereocenters. The number of benzene rings is 2. The molecule has 0 aromatic heterocycles. The number of nitrogens with two attached hydrogens (primary N) is 1. The molecule has 0 radical (unpaired) electrons. The van der Waals surface area contributed by atoms with Crippen molar-refractivity contribution in [2.45, 2.75) is 106 Å². The fraction of sp³-hybridized carbons (Fsp3) is 0.606. The number of rotatable bonds is 11. The van der Waals surface area contributed by atoms with Gasteiger partial charge in [0.25, 0.3) is 5.92 Å². The lowest BCUT2D eigenvalue weighted by Gasteiger charge is -2.35. The maximum absolute atomic E-state index is 16.1. The third-order valence-corrected chi connectivity index (χ3v) is 9.75. The number of alkyl halides is 2. The molecule has 230 valence electrons. The van der Waals surface area contributed by atoms with Crippen molar-refractivity contribution in [3.05, 3.63) is 54.1 Å². The molecule has 2 aromatic rings. The molecule has 0 spiro atoms. The highest BCUT2D eigenvalue weighted by Crippen LogP contribution is 2.36. The van der Waals surface area contributed by atoms with Gasteiger partial charge in [-0.1, -0.05) is 25.7 Å². The Morgan fingerprint density at radius 1 is 0.881 bits per heavy atom. The molecule has 42 heavy (non-hydrogen) atoms. The van der Waals surface area contributed by atoms with E-state index in [-0.39, 0.29) is 17.7 Å². The number of carbonyl (C=O) groups excluding carboxylic acids is 1. The third-order valence-electron chi connectivity index (χ3n) is 8.88. The first-order valence-corrected chi connectivity index (χ1v) is 16.5. The van der Waals surface area contributed by atoms with Crippen molar-refractivity contribution >= 4 is 17.9 Å². The first-order chi connectivity index (χ1) is 20.4. The number of amides is 1. The molecule has 1 atom stereocenters. The molecule has 0 bridgehead atoms. The summed E-state index contributed by atoms with van der Waals surface area (Å²) >= 11 is 1.04. The van der Waals surface area contributed by atoms with Crippen LogP contribution in [0.2, 0.25) is 0 Å². The summed E-state index contributed by atoms with van der Waals surface area (Å²) in [6.45, 7) is 1.46. The fourth-order valence-corrected chi connectivity index (χ4v) is 6.95. The summed E-state index contributed by atoms with van der Waals surface area (Å²) in [6.07, 6.45) is 13.1. The second-order valence-electron chi connectivity index (χ2n) is 12.1. The zero-order valence-electron chi connectivity index (χ0n) is 24.4. The van der Waals surface area contributed by atoms with E-state index in [9.17, 15) is 4.79 Å². The molecule has 1 amide bonds. The predicted molar refractivity (Wildman–Crippen MR) is 163 cm³/mol. The number of halogens is 2. The third kappa shape index (κ3) is 8.38. The van der Waals surface area contributed by atoms with Gasteiger partial charge in [0.05, 0.1) is 12.7 Å². The SMILES string of the molecule is NC1CCN(C(=O)C(NSc2ccc(OCC3CCCCC3)cc2)C(F)(F)c2ccc(OC3CCCCC3)cc2)CC1. The van der Waals surface area contributed by atoms with Crippen LogP contribution in [-0.4, -0.2) is 48.7 Å². The van der Waals surface area contributed by atoms with Crippen molar-refractivity contribution in [2.75, 3.05) is 19.7 Å². The van der Waals surface area contributed by atoms with E-state index in [1.807, 2.05) is 24.3 Å². The number of carbonyl (C=O) groups is 1. The number of hydrogen-bond donors (Lipinski definition) is 2. The average molecular weight is 602 g/mol. The van der Waals surface area contributed by atoms with Gasteiger partial charge in [-0.05, 0) is 118 Å². The van der Waals surface area contributed by atoms with Crippen LogP contribution in [0.5, 0.6) is 11.5 Å². The van der Waals surface area contributed by atoms with Gasteiger partial charge in [0, 0.05) is 29.6 Å². The molecule has 2 aromatic carbocycles. The molecule has 2 aliphatic carbocycles. The standard InChI is InChI=1S/C33H45F2N3O3S/c34-33(35,25-11-13-29(14-12-25)41-28-9-5-2-6-10-28)31(32(39)38-21-19-26(36)20-22-38)37-42-30-17-15-27(16-18-30)40-23-24-7-3-1-4-8-24/h11-18,24,26,28,31,37H,1-10,19-23,36H2. The minimum Gasteiger partial charge on any atom is -0.493 e. The van der Waals surface area contributed by atoms with E-state index in [1.165, 1.54) is 55.6 Å². The highest BCUT2D eigenvalue weighted by Gasteiger charge is 2.48. The van der Waals surface area contributed by atoms with Gasteiger partial charge in [-0.15, -0.1) is 0 Å². The maximum Gasteiger partial charge on any atom is 0.298 e. The molecule has 5 rings (SSSR count). The van der Waals surface area contributed by atoms with Gasteiger partial charge < -0.3 is 20.1 Å². The van der Waals surface area contributed by atoms with E-state index in [4.69, 9.17) is 15.2 Å². The topological polar surface area (TPSA) is 76.8 Å². The normalized spacial score (nSPS) is 20.3. The van der Waals surface area contributed by atoms with Crippen molar-refractivity contribution in [1.29, 1.82) is 0 Å². The van der Waals surface area contributed by atoms with E-state index in [0.29, 0.717) is 44.2 Å². The highest BCUT2D eigenvalue weighted by molar-refractivity contribution is 7.97. The number of hydrogen-bond acceptors (Lipinski definition) is 6. The van der Waals surface area contributed by atoms with Crippen LogP contribution in [0.4, 0.5) is 8.78 Å². The van der Waals surface area contributed by atoms with Gasteiger partial charge in [-0.3, -0.25) is 4.79 Å². The van der Waals surface area contributed by atoms with Crippen LogP contribution in [0.25, 0.3) is 0 Å². The Morgan fingerprint density at radius 3 is 2.12 bits per heavy atom. The summed E-state index contributed by atoms with van der Waals surface area (Å²) in [6, 6.07) is 11.6. The molecule has 3 fully saturated rings. The number of piperidine rings is 1. The molecule has 3 aliphatic rings. The van der Waals surface area contributed by atoms with E-state index < -0.39 is 17.9 Å². The molecule has 1 saturated heterocycles. The van der Waals surface area contributed by atoms with Crippen molar-refractivity contribution in [1.82, 2.24) is 9.62 Å². The summed E-state index contributed by atoms with van der Waals surface area (Å²) in [7, 11) is 0. The summed E-state index contributed by atoms with van der Waals surface area (Å²) in [5, 5.41) is 0. The molecule has 1 heterocycles. The summed E-state index contributed by atoms with van der Waals surface area (Å²) < 4.78 is 47.1. The van der Waals surface area contributed by atoms with Crippen LogP contribution in [0, 0.1) is 5.92 Å². The maximum atomic E-state index is 16.1. The number of nitrogens with one attached hydrogen (secondary N) is 1. The largest absolute Gasteiger partial charge is 0.493 e. The average Bonchev–Trinajstić information content (AvgIpc) is 3.02. The van der Waals surface area contributed by atoms with Gasteiger partial charge in [0.15, 0.2) is 6.04 Å². The number of ether oxygens (including phenoxy) is 2. The van der Waals surface area contributed by atoms with Crippen molar-refractivity contribution in [3.63, 3.8) is 0 Å². The van der Waals surface area contributed by atoms with Gasteiger partial charge >= 0.3 is 0 Å². The van der Waals surface area contributed by atoms with Crippen LogP contribution in [0.15, 0.2) is 53.4 Å². The van der Waals surface area contributed by atoms with Gasteiger partial charge in [-0.2, -0.15) is 8.78 Å². The predicted octanol–water partition coefficient (Wildman–Crippen LogP) is 7.06. The Kier molecular flexibility index (Phi) is 11.0. The first kappa shape index (κ1) is 31.1. The lowest BCUT2D eigenvalue weighted by molar-refractivity contribution is -0.145. The zero-order chi connectivity index (χ0) is 29.4. The zero-order valence-corrected chi connectivity index (χ0v) is 25.3. The van der Waals surface area contributed by atoms with E-state index >= 15 is 8.78 Å². The van der Waals surface area contributed by atoms with Crippen LogP contribution >= 0.6 is 11.9 Å². The summed E-state index contributed by atoms with van der Waals surface area (Å²) in [5.74, 6) is -2.11. The fourth-order valence-electron chi connectivity index (χ4n) is 6.18. The first-order valence-electron chi connectivity index (χ1n) is 15.7. The Bertz CT molecular complexity index is 1110. The van der Waals surface area contributed by atoms with E-state index in [2.05, 4.69) is 4.72 Å². The van der Waals surface area contributed by atoms with Crippen molar-refractivity contribution < 1.29 is 23.0 Å². The monoisotopic (exact) mass is 601 g/mol. The Balaban J connectivity index is 1.25. The molecule has 2 saturated carbocycles. The summed E-state index contributed by atoms with van der Waals surface area (Å²) in [4.78, 5) is 15.8. The molecule has 6 nitrogen and oxygen atoms in total. The van der Waals surface area contributed by atoms with Crippen LogP contribution in [0.3, 0.4) is 0 Å². The van der Waals surface area contributed by atoms with E-state index in [0.717, 1.165) is 48.3 Å². The molecule has 9 heteroatoms. The van der Waals surface area contributed by atoms with Gasteiger partial charge in [0.1, 0.15) is 11.5 Å². The lowest BCUT2D eigenvalue weighted by Crippen LogP contribution is -2.55. The van der Waals surface area contributed by atoms with Crippen LogP contribution in [-0.2, 0) is 10.7 Å². The Morgan fingerprint density at radius 2 is 1.48 bits per heavy atom. The molecule has 3 N–H and O–H groups in total. The molecule has 1 aliphatic heterocycles. The second-order valence-corrected chi connectivity index (χ2v) is 13.0. The lowest BCUT2D eigenvalue weighted by atomic mass is 9.90. The van der Waals surface area contributed by atoms with E-state index in [1.54, 1.807) is 12.1 Å². The van der Waals surface area contributed by atoms with Crippen LogP contribution in [0.1, 0.15) is 82.6 Å². The van der Waals surface area contributed by atoms with Gasteiger partial charge in [0.2, 0.25) is 5.91 Å². The highest BCUT2D eigenvalue weighted by atomic mass is 32.2. The Hall–Kier alpha value is -2.36. The number of nitrogens with zero attached hydrogens (tertiary/aromatic N) is 1. The quantitative estimate of drug-likeness (QED) is 0.269. The summed E-state index contributed by atoms with van der Waals surface area (Å²) in [5.41, 5.74) is 5.80. The molecular formula is C33H45F2N3O3S.